The van der Waals surface area contributed by atoms with E-state index in [1.54, 1.807) is 19.4 Å². The van der Waals surface area contributed by atoms with E-state index in [0.717, 1.165) is 49.6 Å². The van der Waals surface area contributed by atoms with Crippen LogP contribution in [-0.2, 0) is 6.54 Å². The number of likely N-dealkylation sites (tertiary alicyclic amines) is 1. The first-order chi connectivity index (χ1) is 13.2. The lowest BCUT2D eigenvalue weighted by molar-refractivity contribution is 0.198. The molecule has 7 nitrogen and oxygen atoms in total. The second kappa shape index (κ2) is 7.75. The Bertz CT molecular complexity index is 937. The highest BCUT2D eigenvalue weighted by Crippen LogP contribution is 2.29. The van der Waals surface area contributed by atoms with Crippen LogP contribution < -0.4 is 10.3 Å². The van der Waals surface area contributed by atoms with E-state index in [0.29, 0.717) is 11.8 Å². The molecule has 1 saturated heterocycles. The number of aromatic amines is 1. The Hall–Kier alpha value is -2.93. The number of benzene rings is 1. The lowest BCUT2D eigenvalue weighted by Gasteiger charge is -2.30. The van der Waals surface area contributed by atoms with Crippen LogP contribution in [0.25, 0.3) is 11.5 Å². The largest absolute Gasteiger partial charge is 0.496 e. The first kappa shape index (κ1) is 17.5. The van der Waals surface area contributed by atoms with Crippen molar-refractivity contribution in [2.75, 3.05) is 20.2 Å². The van der Waals surface area contributed by atoms with E-state index in [4.69, 9.17) is 9.26 Å². The van der Waals surface area contributed by atoms with Crippen molar-refractivity contribution in [1.82, 2.24) is 20.0 Å². The lowest BCUT2D eigenvalue weighted by Crippen LogP contribution is -2.32. The topological polar surface area (TPSA) is 84.2 Å². The summed E-state index contributed by atoms with van der Waals surface area (Å²) in [5.41, 5.74) is 1.78. The average Bonchev–Trinajstić information content (AvgIpc) is 3.20. The van der Waals surface area contributed by atoms with E-state index in [2.05, 4.69) is 26.1 Å². The van der Waals surface area contributed by atoms with Crippen LogP contribution in [0.4, 0.5) is 0 Å². The predicted molar refractivity (Wildman–Crippen MR) is 101 cm³/mol. The Labute approximate surface area is 157 Å². The minimum Gasteiger partial charge on any atom is -0.496 e. The van der Waals surface area contributed by atoms with Gasteiger partial charge in [0.2, 0.25) is 5.56 Å². The molecule has 0 radical (unpaired) electrons. The molecule has 1 aliphatic rings. The van der Waals surface area contributed by atoms with E-state index in [9.17, 15) is 4.79 Å². The zero-order valence-electron chi connectivity index (χ0n) is 15.2. The first-order valence-electron chi connectivity index (χ1n) is 9.10. The SMILES string of the molecule is COc1ccccc1CN1CCC(c2noc(-c3ccc(=O)[nH]c3)n2)CC1. The van der Waals surface area contributed by atoms with Crippen molar-refractivity contribution in [3.8, 4) is 17.2 Å². The van der Waals surface area contributed by atoms with Gasteiger partial charge in [-0.1, -0.05) is 23.4 Å². The molecule has 0 amide bonds. The number of para-hydroxylation sites is 1. The molecule has 0 unspecified atom stereocenters. The minimum atomic E-state index is -0.152. The van der Waals surface area contributed by atoms with Crippen molar-refractivity contribution in [3.05, 3.63) is 64.3 Å². The van der Waals surface area contributed by atoms with Gasteiger partial charge in [-0.05, 0) is 38.1 Å². The average molecular weight is 366 g/mol. The Morgan fingerprint density at radius 1 is 1.22 bits per heavy atom. The Morgan fingerprint density at radius 3 is 2.78 bits per heavy atom. The molecule has 1 aromatic carbocycles. The molecule has 0 aliphatic carbocycles. The fourth-order valence-electron chi connectivity index (χ4n) is 3.49. The number of hydrogen-bond acceptors (Lipinski definition) is 6. The molecule has 1 fully saturated rings. The third-order valence-electron chi connectivity index (χ3n) is 5.01. The standard InChI is InChI=1S/C20H22N4O3/c1-26-17-5-3-2-4-16(17)13-24-10-8-14(9-11-24)19-22-20(27-23-19)15-6-7-18(25)21-12-15/h2-7,12,14H,8-11,13H2,1H3,(H,21,25). The molecule has 0 spiro atoms. The summed E-state index contributed by atoms with van der Waals surface area (Å²) < 4.78 is 10.8. The fraction of sp³-hybridized carbons (Fsp3) is 0.350. The molecule has 2 aromatic heterocycles. The molecule has 27 heavy (non-hydrogen) atoms. The Balaban J connectivity index is 1.38. The molecule has 1 N–H and O–H groups in total. The quantitative estimate of drug-likeness (QED) is 0.747. The summed E-state index contributed by atoms with van der Waals surface area (Å²) in [6.45, 7) is 2.84. The van der Waals surface area contributed by atoms with E-state index in [1.165, 1.54) is 11.6 Å². The van der Waals surface area contributed by atoms with Crippen molar-refractivity contribution in [2.24, 2.45) is 0 Å². The minimum absolute atomic E-state index is 0.152. The summed E-state index contributed by atoms with van der Waals surface area (Å²) in [6.07, 6.45) is 3.56. The first-order valence-corrected chi connectivity index (χ1v) is 9.10. The number of hydrogen-bond donors (Lipinski definition) is 1. The van der Waals surface area contributed by atoms with Gasteiger partial charge < -0.3 is 14.2 Å². The molecule has 7 heteroatoms. The van der Waals surface area contributed by atoms with E-state index < -0.39 is 0 Å². The predicted octanol–water partition coefficient (Wildman–Crippen LogP) is 2.81. The van der Waals surface area contributed by atoms with Crippen LogP contribution in [0.1, 0.15) is 30.1 Å². The van der Waals surface area contributed by atoms with Gasteiger partial charge in [-0.2, -0.15) is 4.98 Å². The van der Waals surface area contributed by atoms with Crippen LogP contribution in [-0.4, -0.2) is 40.2 Å². The van der Waals surface area contributed by atoms with Crippen LogP contribution in [0.15, 0.2) is 51.9 Å². The van der Waals surface area contributed by atoms with Gasteiger partial charge in [-0.25, -0.2) is 0 Å². The van der Waals surface area contributed by atoms with E-state index in [1.807, 2.05) is 18.2 Å². The van der Waals surface area contributed by atoms with E-state index >= 15 is 0 Å². The molecule has 0 atom stereocenters. The van der Waals surface area contributed by atoms with Crippen LogP contribution in [0.2, 0.25) is 0 Å². The van der Waals surface area contributed by atoms with E-state index in [-0.39, 0.29) is 5.56 Å². The van der Waals surface area contributed by atoms with Crippen LogP contribution in [0.3, 0.4) is 0 Å². The smallest absolute Gasteiger partial charge is 0.259 e. The summed E-state index contributed by atoms with van der Waals surface area (Å²) in [6, 6.07) is 11.3. The second-order valence-corrected chi connectivity index (χ2v) is 6.76. The number of aromatic nitrogens is 3. The molecular formula is C20H22N4O3. The van der Waals surface area contributed by atoms with Gasteiger partial charge in [0.1, 0.15) is 5.75 Å². The number of H-pyrrole nitrogens is 1. The summed E-state index contributed by atoms with van der Waals surface area (Å²) in [5.74, 6) is 2.41. The second-order valence-electron chi connectivity index (χ2n) is 6.76. The third-order valence-corrected chi connectivity index (χ3v) is 5.01. The zero-order chi connectivity index (χ0) is 18.6. The van der Waals surface area contributed by atoms with Crippen molar-refractivity contribution < 1.29 is 9.26 Å². The number of ether oxygens (including phenoxy) is 1. The fourth-order valence-corrected chi connectivity index (χ4v) is 3.49. The maximum atomic E-state index is 11.2. The van der Waals surface area contributed by atoms with Crippen molar-refractivity contribution in [2.45, 2.75) is 25.3 Å². The van der Waals surface area contributed by atoms with Gasteiger partial charge in [0.15, 0.2) is 5.82 Å². The highest BCUT2D eigenvalue weighted by molar-refractivity contribution is 5.50. The summed E-state index contributed by atoms with van der Waals surface area (Å²) in [4.78, 5) is 20.8. The van der Waals surface area contributed by atoms with Crippen molar-refractivity contribution in [1.29, 1.82) is 0 Å². The molecule has 3 aromatic rings. The lowest BCUT2D eigenvalue weighted by atomic mass is 9.96. The van der Waals surface area contributed by atoms with Crippen LogP contribution in [0, 0.1) is 0 Å². The zero-order valence-corrected chi connectivity index (χ0v) is 15.2. The van der Waals surface area contributed by atoms with Gasteiger partial charge >= 0.3 is 0 Å². The molecule has 4 rings (SSSR count). The van der Waals surface area contributed by atoms with Crippen LogP contribution >= 0.6 is 0 Å². The summed E-state index contributed by atoms with van der Waals surface area (Å²) in [7, 11) is 1.71. The molecular weight excluding hydrogens is 344 g/mol. The normalized spacial score (nSPS) is 15.7. The Kier molecular flexibility index (Phi) is 5.02. The van der Waals surface area contributed by atoms with Gasteiger partial charge in [-0.3, -0.25) is 9.69 Å². The monoisotopic (exact) mass is 366 g/mol. The summed E-state index contributed by atoms with van der Waals surface area (Å²) >= 11 is 0. The van der Waals surface area contributed by atoms with Crippen LogP contribution in [0.5, 0.6) is 5.75 Å². The number of rotatable bonds is 5. The van der Waals surface area contributed by atoms with Gasteiger partial charge in [0.05, 0.1) is 12.7 Å². The van der Waals surface area contributed by atoms with Gasteiger partial charge in [0, 0.05) is 30.3 Å². The van der Waals surface area contributed by atoms with Gasteiger partial charge in [-0.15, -0.1) is 0 Å². The highest BCUT2D eigenvalue weighted by Gasteiger charge is 2.25. The Morgan fingerprint density at radius 2 is 2.04 bits per heavy atom. The number of methoxy groups -OCH3 is 1. The third kappa shape index (κ3) is 3.93. The maximum absolute atomic E-state index is 11.2. The highest BCUT2D eigenvalue weighted by atomic mass is 16.5. The number of nitrogens with zero attached hydrogens (tertiary/aromatic N) is 3. The molecule has 0 saturated carbocycles. The number of piperidine rings is 1. The molecule has 140 valence electrons. The summed E-state index contributed by atoms with van der Waals surface area (Å²) in [5, 5.41) is 4.16. The molecule has 0 bridgehead atoms. The maximum Gasteiger partial charge on any atom is 0.259 e. The molecule has 1 aliphatic heterocycles. The van der Waals surface area contributed by atoms with Crippen molar-refractivity contribution >= 4 is 0 Å². The number of pyridine rings is 1. The number of nitrogens with one attached hydrogen (secondary N) is 1. The van der Waals surface area contributed by atoms with Crippen molar-refractivity contribution in [3.63, 3.8) is 0 Å². The molecule has 3 heterocycles. The van der Waals surface area contributed by atoms with Gasteiger partial charge in [0.25, 0.3) is 5.89 Å².